The molecule has 0 radical (unpaired) electrons. The third kappa shape index (κ3) is 2.26. The van der Waals surface area contributed by atoms with Crippen molar-refractivity contribution in [1.82, 2.24) is 14.8 Å². The first kappa shape index (κ1) is 14.4. The normalized spacial score (nSPS) is 19.6. The van der Waals surface area contributed by atoms with Crippen LogP contribution in [0.2, 0.25) is 0 Å². The van der Waals surface area contributed by atoms with Gasteiger partial charge in [-0.3, -0.25) is 9.69 Å². The fourth-order valence-corrected chi connectivity index (χ4v) is 4.10. The van der Waals surface area contributed by atoms with Gasteiger partial charge in [0.1, 0.15) is 6.33 Å². The van der Waals surface area contributed by atoms with Gasteiger partial charge in [0.2, 0.25) is 11.9 Å². The monoisotopic (exact) mass is 310 g/mol. The smallest absolute Gasteiger partial charge is 0.239 e. The van der Waals surface area contributed by atoms with E-state index in [1.54, 1.807) is 6.33 Å². The molecule has 0 N–H and O–H groups in total. The van der Waals surface area contributed by atoms with Crippen molar-refractivity contribution in [3.8, 4) is 0 Å². The molecule has 0 spiro atoms. The quantitative estimate of drug-likeness (QED) is 0.857. The van der Waals surface area contributed by atoms with Crippen LogP contribution < -0.4 is 4.90 Å². The van der Waals surface area contributed by atoms with Crippen molar-refractivity contribution in [2.45, 2.75) is 51.0 Å². The van der Waals surface area contributed by atoms with Crippen LogP contribution in [0.25, 0.3) is 0 Å². The van der Waals surface area contributed by atoms with Crippen molar-refractivity contribution in [3.05, 3.63) is 41.7 Å². The lowest BCUT2D eigenvalue weighted by molar-refractivity contribution is -0.124. The van der Waals surface area contributed by atoms with Crippen LogP contribution in [-0.4, -0.2) is 27.2 Å². The topological polar surface area (TPSA) is 51.0 Å². The third-order valence-electron chi connectivity index (χ3n) is 5.27. The van der Waals surface area contributed by atoms with E-state index in [2.05, 4.69) is 41.3 Å². The minimum absolute atomic E-state index is 0.203. The Labute approximate surface area is 136 Å². The standard InChI is InChI=1S/C18H22N4O/c1-14-6-4-7-15(12-14)18(8-2-3-9-18)16(23)21-10-5-11-22-17(21)19-13-20-22/h4,6-7,12-13H,2-3,5,8-11H2,1H3. The summed E-state index contributed by atoms with van der Waals surface area (Å²) in [5, 5.41) is 4.24. The molecule has 1 fully saturated rings. The Morgan fingerprint density at radius 2 is 2.00 bits per heavy atom. The van der Waals surface area contributed by atoms with Crippen molar-refractivity contribution in [2.24, 2.45) is 0 Å². The number of nitrogens with zero attached hydrogens (tertiary/aromatic N) is 4. The number of carbonyl (C=O) groups excluding carboxylic acids is 1. The molecule has 1 saturated carbocycles. The lowest BCUT2D eigenvalue weighted by Gasteiger charge is -2.36. The molecule has 0 unspecified atom stereocenters. The van der Waals surface area contributed by atoms with Crippen LogP contribution >= 0.6 is 0 Å². The average molecular weight is 310 g/mol. The molecule has 1 aromatic carbocycles. The summed E-state index contributed by atoms with van der Waals surface area (Å²) in [6, 6.07) is 8.45. The summed E-state index contributed by atoms with van der Waals surface area (Å²) in [5.41, 5.74) is 1.99. The first-order valence-electron chi connectivity index (χ1n) is 8.48. The van der Waals surface area contributed by atoms with Crippen LogP contribution in [0.3, 0.4) is 0 Å². The van der Waals surface area contributed by atoms with Gasteiger partial charge < -0.3 is 0 Å². The van der Waals surface area contributed by atoms with Gasteiger partial charge in [-0.25, -0.2) is 4.68 Å². The van der Waals surface area contributed by atoms with E-state index in [-0.39, 0.29) is 11.3 Å². The molecular formula is C18H22N4O. The lowest BCUT2D eigenvalue weighted by Crippen LogP contribution is -2.48. The van der Waals surface area contributed by atoms with Crippen LogP contribution in [0.4, 0.5) is 5.95 Å². The predicted molar refractivity (Wildman–Crippen MR) is 88.3 cm³/mol. The number of hydrogen-bond acceptors (Lipinski definition) is 3. The Balaban J connectivity index is 1.76. The number of carbonyl (C=O) groups is 1. The number of benzene rings is 1. The molecule has 2 aromatic rings. The van der Waals surface area contributed by atoms with E-state index < -0.39 is 0 Å². The van der Waals surface area contributed by atoms with Gasteiger partial charge in [0.15, 0.2) is 0 Å². The zero-order valence-electron chi connectivity index (χ0n) is 13.5. The zero-order valence-corrected chi connectivity index (χ0v) is 13.5. The van der Waals surface area contributed by atoms with Crippen molar-refractivity contribution in [3.63, 3.8) is 0 Å². The van der Waals surface area contributed by atoms with Gasteiger partial charge in [-0.1, -0.05) is 42.7 Å². The first-order valence-corrected chi connectivity index (χ1v) is 8.48. The maximum absolute atomic E-state index is 13.5. The summed E-state index contributed by atoms with van der Waals surface area (Å²) in [6.45, 7) is 3.68. The van der Waals surface area contributed by atoms with Crippen LogP contribution in [0.5, 0.6) is 0 Å². The van der Waals surface area contributed by atoms with Crippen molar-refractivity contribution in [2.75, 3.05) is 11.4 Å². The summed E-state index contributed by atoms with van der Waals surface area (Å²) >= 11 is 0. The Morgan fingerprint density at radius 1 is 1.17 bits per heavy atom. The molecule has 2 heterocycles. The number of fused-ring (bicyclic) bond motifs is 1. The van der Waals surface area contributed by atoms with Crippen molar-refractivity contribution >= 4 is 11.9 Å². The highest BCUT2D eigenvalue weighted by molar-refractivity contribution is 6.00. The molecule has 0 bridgehead atoms. The molecule has 4 rings (SSSR count). The molecule has 23 heavy (non-hydrogen) atoms. The zero-order chi connectivity index (χ0) is 15.9. The first-order chi connectivity index (χ1) is 11.2. The third-order valence-corrected chi connectivity index (χ3v) is 5.27. The Hall–Kier alpha value is -2.17. The van der Waals surface area contributed by atoms with Crippen LogP contribution in [0, 0.1) is 6.92 Å². The van der Waals surface area contributed by atoms with Crippen LogP contribution in [-0.2, 0) is 16.8 Å². The minimum atomic E-state index is -0.389. The Bertz CT molecular complexity index is 730. The second kappa shape index (κ2) is 5.48. The molecule has 1 aromatic heterocycles. The fourth-order valence-electron chi connectivity index (χ4n) is 4.10. The average Bonchev–Trinajstić information content (AvgIpc) is 3.23. The molecule has 1 aliphatic heterocycles. The van der Waals surface area contributed by atoms with E-state index in [1.807, 2.05) is 9.58 Å². The summed E-state index contributed by atoms with van der Waals surface area (Å²) in [5.74, 6) is 0.912. The molecule has 0 saturated heterocycles. The van der Waals surface area contributed by atoms with Crippen molar-refractivity contribution in [1.29, 1.82) is 0 Å². The highest BCUT2D eigenvalue weighted by Gasteiger charge is 2.46. The SMILES string of the molecule is Cc1cccc(C2(C(=O)N3CCCn4ncnc43)CCCC2)c1. The Kier molecular flexibility index (Phi) is 3.43. The van der Waals surface area contributed by atoms with E-state index in [9.17, 15) is 4.79 Å². The minimum Gasteiger partial charge on any atom is -0.280 e. The summed E-state index contributed by atoms with van der Waals surface area (Å²) in [6.07, 6.45) is 6.57. The molecule has 120 valence electrons. The van der Waals surface area contributed by atoms with E-state index in [0.717, 1.165) is 50.8 Å². The molecule has 1 amide bonds. The maximum Gasteiger partial charge on any atom is 0.239 e. The maximum atomic E-state index is 13.5. The predicted octanol–water partition coefficient (Wildman–Crippen LogP) is 2.84. The van der Waals surface area contributed by atoms with Crippen LogP contribution in [0.15, 0.2) is 30.6 Å². The second-order valence-corrected chi connectivity index (χ2v) is 6.75. The summed E-state index contributed by atoms with van der Waals surface area (Å²) in [4.78, 5) is 19.7. The van der Waals surface area contributed by atoms with E-state index in [4.69, 9.17) is 0 Å². The lowest BCUT2D eigenvalue weighted by atomic mass is 9.77. The molecule has 0 atom stereocenters. The number of anilines is 1. The number of hydrogen-bond donors (Lipinski definition) is 0. The van der Waals surface area contributed by atoms with Gasteiger partial charge in [-0.2, -0.15) is 10.1 Å². The van der Waals surface area contributed by atoms with E-state index in [0.29, 0.717) is 5.95 Å². The fraction of sp³-hybridized carbons (Fsp3) is 0.500. The Morgan fingerprint density at radius 3 is 2.78 bits per heavy atom. The highest BCUT2D eigenvalue weighted by Crippen LogP contribution is 2.43. The van der Waals surface area contributed by atoms with E-state index >= 15 is 0 Å². The summed E-state index contributed by atoms with van der Waals surface area (Å²) in [7, 11) is 0. The van der Waals surface area contributed by atoms with Gasteiger partial charge >= 0.3 is 0 Å². The largest absolute Gasteiger partial charge is 0.280 e. The van der Waals surface area contributed by atoms with Crippen LogP contribution in [0.1, 0.15) is 43.2 Å². The molecule has 2 aliphatic rings. The molecule has 5 heteroatoms. The highest BCUT2D eigenvalue weighted by atomic mass is 16.2. The van der Waals surface area contributed by atoms with Gasteiger partial charge in [-0.15, -0.1) is 0 Å². The van der Waals surface area contributed by atoms with Gasteiger partial charge in [0.25, 0.3) is 0 Å². The number of rotatable bonds is 2. The van der Waals surface area contributed by atoms with Gasteiger partial charge in [-0.05, 0) is 31.7 Å². The van der Waals surface area contributed by atoms with Gasteiger partial charge in [0, 0.05) is 13.1 Å². The second-order valence-electron chi connectivity index (χ2n) is 6.75. The number of aromatic nitrogens is 3. The van der Waals surface area contributed by atoms with Gasteiger partial charge in [0.05, 0.1) is 5.41 Å². The van der Waals surface area contributed by atoms with Crippen molar-refractivity contribution < 1.29 is 4.79 Å². The van der Waals surface area contributed by atoms with E-state index in [1.165, 1.54) is 5.56 Å². The molecular weight excluding hydrogens is 288 g/mol. The number of amides is 1. The summed E-state index contributed by atoms with van der Waals surface area (Å²) < 4.78 is 1.85. The number of aryl methyl sites for hydroxylation is 2. The molecule has 1 aliphatic carbocycles. The molecule has 5 nitrogen and oxygen atoms in total.